The minimum atomic E-state index is -0.928. The molecule has 29 heavy (non-hydrogen) atoms. The van der Waals surface area contributed by atoms with Crippen LogP contribution in [0.1, 0.15) is 22.3 Å². The topological polar surface area (TPSA) is 60.7 Å². The molecule has 0 saturated heterocycles. The average molecular weight is 377 g/mol. The Morgan fingerprint density at radius 2 is 1.41 bits per heavy atom. The summed E-state index contributed by atoms with van der Waals surface area (Å²) in [5.74, 6) is -0.0224. The molecule has 3 aromatic carbocycles. The molecule has 3 heterocycles. The molecular formula is C25H19N3O. The van der Waals surface area contributed by atoms with Crippen molar-refractivity contribution in [1.82, 2.24) is 9.97 Å². The molecule has 0 saturated carbocycles. The van der Waals surface area contributed by atoms with Gasteiger partial charge in [-0.1, -0.05) is 48.0 Å². The maximum Gasteiger partial charge on any atom is 0.244 e. The first-order chi connectivity index (χ1) is 14.2. The molecule has 0 aliphatic carbocycles. The number of para-hydroxylation sites is 2. The third-order valence-corrected chi connectivity index (χ3v) is 6.15. The molecule has 1 unspecified atom stereocenters. The van der Waals surface area contributed by atoms with Gasteiger partial charge in [0.2, 0.25) is 5.91 Å². The second kappa shape index (κ2) is 5.61. The molecular weight excluding hydrogens is 358 g/mol. The summed E-state index contributed by atoms with van der Waals surface area (Å²) in [6.07, 6.45) is 3.98. The molecule has 6 rings (SSSR count). The van der Waals surface area contributed by atoms with Crippen LogP contribution >= 0.6 is 0 Å². The molecule has 0 fully saturated rings. The molecule has 1 aliphatic heterocycles. The van der Waals surface area contributed by atoms with Crippen LogP contribution in [0.25, 0.3) is 21.8 Å². The van der Waals surface area contributed by atoms with Gasteiger partial charge >= 0.3 is 0 Å². The van der Waals surface area contributed by atoms with Crippen LogP contribution in [0.4, 0.5) is 5.69 Å². The van der Waals surface area contributed by atoms with Gasteiger partial charge in [0.25, 0.3) is 0 Å². The van der Waals surface area contributed by atoms with Gasteiger partial charge in [0.1, 0.15) is 5.41 Å². The lowest BCUT2D eigenvalue weighted by Gasteiger charge is -2.27. The predicted octanol–water partition coefficient (Wildman–Crippen LogP) is 5.24. The van der Waals surface area contributed by atoms with E-state index in [1.54, 1.807) is 0 Å². The van der Waals surface area contributed by atoms with Crippen molar-refractivity contribution in [3.63, 3.8) is 0 Å². The summed E-state index contributed by atoms with van der Waals surface area (Å²) in [7, 11) is 0. The highest BCUT2D eigenvalue weighted by atomic mass is 16.2. The van der Waals surface area contributed by atoms with Crippen LogP contribution in [0.3, 0.4) is 0 Å². The van der Waals surface area contributed by atoms with Gasteiger partial charge in [-0.2, -0.15) is 0 Å². The third kappa shape index (κ3) is 2.00. The number of H-pyrrole nitrogens is 2. The van der Waals surface area contributed by atoms with Crippen molar-refractivity contribution in [3.05, 3.63) is 101 Å². The minimum absolute atomic E-state index is 0.0224. The first kappa shape index (κ1) is 16.2. The van der Waals surface area contributed by atoms with Crippen molar-refractivity contribution in [2.75, 3.05) is 5.32 Å². The number of amides is 1. The van der Waals surface area contributed by atoms with E-state index in [4.69, 9.17) is 0 Å². The molecule has 140 valence electrons. The van der Waals surface area contributed by atoms with E-state index in [2.05, 4.69) is 52.5 Å². The Hall–Kier alpha value is -3.79. The number of benzene rings is 3. The van der Waals surface area contributed by atoms with Gasteiger partial charge in [-0.15, -0.1) is 0 Å². The van der Waals surface area contributed by atoms with Crippen molar-refractivity contribution in [1.29, 1.82) is 0 Å². The summed E-state index contributed by atoms with van der Waals surface area (Å²) in [5, 5.41) is 5.27. The molecule has 0 bridgehead atoms. The molecule has 5 aromatic rings. The maximum atomic E-state index is 13.8. The van der Waals surface area contributed by atoms with E-state index in [1.165, 1.54) is 5.56 Å². The summed E-state index contributed by atoms with van der Waals surface area (Å²) in [6.45, 7) is 2.08. The van der Waals surface area contributed by atoms with Crippen LogP contribution in [0.5, 0.6) is 0 Å². The lowest BCUT2D eigenvalue weighted by molar-refractivity contribution is -0.118. The molecule has 0 radical (unpaired) electrons. The Morgan fingerprint density at radius 3 is 2.28 bits per heavy atom. The number of carbonyl (C=O) groups excluding carboxylic acids is 1. The second-order valence-corrected chi connectivity index (χ2v) is 7.75. The first-order valence-electron chi connectivity index (χ1n) is 9.75. The lowest BCUT2D eigenvalue weighted by atomic mass is 9.70. The van der Waals surface area contributed by atoms with E-state index in [-0.39, 0.29) is 5.91 Å². The summed E-state index contributed by atoms with van der Waals surface area (Å²) in [4.78, 5) is 20.5. The van der Waals surface area contributed by atoms with E-state index in [0.717, 1.165) is 44.2 Å². The Kier molecular flexibility index (Phi) is 3.13. The van der Waals surface area contributed by atoms with Crippen LogP contribution in [-0.2, 0) is 10.2 Å². The van der Waals surface area contributed by atoms with Gasteiger partial charge in [-0.05, 0) is 31.2 Å². The van der Waals surface area contributed by atoms with Crippen molar-refractivity contribution in [2.45, 2.75) is 12.3 Å². The normalized spacial score (nSPS) is 18.3. The van der Waals surface area contributed by atoms with Gasteiger partial charge < -0.3 is 15.3 Å². The lowest BCUT2D eigenvalue weighted by Crippen LogP contribution is -2.36. The van der Waals surface area contributed by atoms with Crippen LogP contribution in [0.15, 0.2) is 79.1 Å². The summed E-state index contributed by atoms with van der Waals surface area (Å²) < 4.78 is 0. The fraction of sp³-hybridized carbons (Fsp3) is 0.0800. The number of rotatable bonds is 2. The SMILES string of the molecule is Cc1ccc2[nH]cc(C3(c4c[nH]c5ccccc45)C(=O)Nc4ccccc43)c2c1. The highest BCUT2D eigenvalue weighted by molar-refractivity contribution is 6.15. The smallest absolute Gasteiger partial charge is 0.244 e. The van der Waals surface area contributed by atoms with E-state index in [9.17, 15) is 4.79 Å². The van der Waals surface area contributed by atoms with Gasteiger partial charge in [-0.25, -0.2) is 0 Å². The molecule has 2 aromatic heterocycles. The monoisotopic (exact) mass is 377 g/mol. The van der Waals surface area contributed by atoms with Crippen LogP contribution in [0.2, 0.25) is 0 Å². The predicted molar refractivity (Wildman–Crippen MR) is 116 cm³/mol. The largest absolute Gasteiger partial charge is 0.361 e. The van der Waals surface area contributed by atoms with Crippen molar-refractivity contribution < 1.29 is 4.79 Å². The number of aromatic nitrogens is 2. The Balaban J connectivity index is 1.80. The number of hydrogen-bond acceptors (Lipinski definition) is 1. The molecule has 4 heteroatoms. The van der Waals surface area contributed by atoms with E-state index >= 15 is 0 Å². The zero-order valence-electron chi connectivity index (χ0n) is 15.9. The van der Waals surface area contributed by atoms with E-state index in [0.29, 0.717) is 0 Å². The number of anilines is 1. The van der Waals surface area contributed by atoms with Gasteiger partial charge in [0.05, 0.1) is 0 Å². The van der Waals surface area contributed by atoms with Crippen molar-refractivity contribution >= 4 is 33.4 Å². The summed E-state index contributed by atoms with van der Waals surface area (Å²) >= 11 is 0. The van der Waals surface area contributed by atoms with Crippen molar-refractivity contribution in [3.8, 4) is 0 Å². The Morgan fingerprint density at radius 1 is 0.724 bits per heavy atom. The standard InChI is InChI=1S/C25H19N3O/c1-15-10-11-22-17(12-15)20(14-27-22)25(18-7-3-5-9-23(18)28-24(25)29)19-13-26-21-8-4-2-6-16(19)21/h2-14,26-27H,1H3,(H,28,29). The first-order valence-corrected chi connectivity index (χ1v) is 9.75. The number of carbonyl (C=O) groups is 1. The van der Waals surface area contributed by atoms with Crippen molar-refractivity contribution in [2.24, 2.45) is 0 Å². The second-order valence-electron chi connectivity index (χ2n) is 7.75. The highest BCUT2D eigenvalue weighted by Crippen LogP contribution is 2.51. The zero-order chi connectivity index (χ0) is 19.6. The third-order valence-electron chi connectivity index (χ3n) is 6.15. The fourth-order valence-corrected chi connectivity index (χ4v) is 4.86. The molecule has 4 nitrogen and oxygen atoms in total. The quantitative estimate of drug-likeness (QED) is 0.387. The fourth-order valence-electron chi connectivity index (χ4n) is 4.86. The van der Waals surface area contributed by atoms with E-state index in [1.807, 2.05) is 48.8 Å². The minimum Gasteiger partial charge on any atom is -0.361 e. The van der Waals surface area contributed by atoms with Gasteiger partial charge in [0, 0.05) is 56.6 Å². The number of nitrogens with one attached hydrogen (secondary N) is 3. The number of hydrogen-bond donors (Lipinski definition) is 3. The van der Waals surface area contributed by atoms with Gasteiger partial charge in [0.15, 0.2) is 0 Å². The van der Waals surface area contributed by atoms with Crippen LogP contribution in [0, 0.1) is 6.92 Å². The van der Waals surface area contributed by atoms with E-state index < -0.39 is 5.41 Å². The average Bonchev–Trinajstić information content (AvgIpc) is 3.42. The number of aryl methyl sites for hydroxylation is 1. The number of fused-ring (bicyclic) bond motifs is 3. The van der Waals surface area contributed by atoms with Gasteiger partial charge in [-0.3, -0.25) is 4.79 Å². The van der Waals surface area contributed by atoms with Crippen LogP contribution in [-0.4, -0.2) is 15.9 Å². The van der Waals surface area contributed by atoms with Crippen LogP contribution < -0.4 is 5.32 Å². The zero-order valence-corrected chi connectivity index (χ0v) is 15.9. The Labute approximate surface area is 167 Å². The molecule has 0 spiro atoms. The molecule has 3 N–H and O–H groups in total. The summed E-state index contributed by atoms with van der Waals surface area (Å²) in [5.41, 5.74) is 6.09. The Bertz CT molecular complexity index is 1420. The maximum absolute atomic E-state index is 13.8. The summed E-state index contributed by atoms with van der Waals surface area (Å²) in [6, 6.07) is 22.5. The highest BCUT2D eigenvalue weighted by Gasteiger charge is 2.52. The number of aromatic amines is 2. The molecule has 1 amide bonds. The molecule has 1 atom stereocenters. The molecule has 1 aliphatic rings.